The van der Waals surface area contributed by atoms with Crippen LogP contribution in [-0.2, 0) is 5.33 Å². The van der Waals surface area contributed by atoms with Gasteiger partial charge in [-0.2, -0.15) is 0 Å². The molecule has 1 aromatic rings. The minimum absolute atomic E-state index is 0.180. The highest BCUT2D eigenvalue weighted by Crippen LogP contribution is 2.23. The van der Waals surface area contributed by atoms with Gasteiger partial charge in [-0.3, -0.25) is 0 Å². The first-order valence-corrected chi connectivity index (χ1v) is 5.42. The molecule has 4 heteroatoms. The summed E-state index contributed by atoms with van der Waals surface area (Å²) in [5, 5.41) is 0.880. The van der Waals surface area contributed by atoms with E-state index in [1.165, 1.54) is 6.07 Å². The summed E-state index contributed by atoms with van der Waals surface area (Å²) in [6.07, 6.45) is 0. The zero-order valence-corrected chi connectivity index (χ0v) is 9.87. The number of hydrogen-bond donors (Lipinski definition) is 0. The van der Waals surface area contributed by atoms with E-state index in [0.29, 0.717) is 5.33 Å². The highest BCUT2D eigenvalue weighted by Gasteiger charge is 2.04. The van der Waals surface area contributed by atoms with Crippen molar-refractivity contribution in [3.8, 4) is 0 Å². The van der Waals surface area contributed by atoms with Crippen LogP contribution in [0, 0.1) is 9.39 Å². The molecule has 0 fully saturated rings. The van der Waals surface area contributed by atoms with Crippen LogP contribution in [0.1, 0.15) is 5.56 Å². The van der Waals surface area contributed by atoms with Crippen LogP contribution in [-0.4, -0.2) is 0 Å². The second-order valence-electron chi connectivity index (χ2n) is 1.99. The van der Waals surface area contributed by atoms with Crippen molar-refractivity contribution < 1.29 is 4.39 Å². The standard InChI is InChI=1S/C7H4BrClFI/c8-3-4-1-5(9)6(10)2-7(4)11/h1-2H,3H2. The van der Waals surface area contributed by atoms with Gasteiger partial charge < -0.3 is 0 Å². The molecule has 0 saturated carbocycles. The molecule has 1 rings (SSSR count). The maximum absolute atomic E-state index is 12.7. The molecule has 0 nitrogen and oxygen atoms in total. The Morgan fingerprint density at radius 1 is 1.55 bits per heavy atom. The van der Waals surface area contributed by atoms with Crippen molar-refractivity contribution >= 4 is 50.1 Å². The van der Waals surface area contributed by atoms with Gasteiger partial charge in [-0.15, -0.1) is 0 Å². The first-order valence-electron chi connectivity index (χ1n) is 2.84. The summed E-state index contributed by atoms with van der Waals surface area (Å²) in [6, 6.07) is 3.06. The summed E-state index contributed by atoms with van der Waals surface area (Å²) in [5.74, 6) is -0.360. The van der Waals surface area contributed by atoms with Gasteiger partial charge in [0.15, 0.2) is 0 Å². The monoisotopic (exact) mass is 348 g/mol. The molecule has 0 radical (unpaired) electrons. The van der Waals surface area contributed by atoms with Crippen molar-refractivity contribution in [2.45, 2.75) is 5.33 Å². The molecule has 0 saturated heterocycles. The molecule has 0 aliphatic carbocycles. The van der Waals surface area contributed by atoms with Crippen LogP contribution in [0.25, 0.3) is 0 Å². The van der Waals surface area contributed by atoms with E-state index in [0.717, 1.165) is 9.13 Å². The molecule has 0 spiro atoms. The van der Waals surface area contributed by atoms with Gasteiger partial charge in [0.25, 0.3) is 0 Å². The minimum atomic E-state index is -0.360. The number of benzene rings is 1. The maximum atomic E-state index is 12.7. The Morgan fingerprint density at radius 2 is 2.18 bits per heavy atom. The van der Waals surface area contributed by atoms with Gasteiger partial charge in [-0.25, -0.2) is 4.39 Å². The molecular weight excluding hydrogens is 345 g/mol. The molecule has 11 heavy (non-hydrogen) atoms. The lowest BCUT2D eigenvalue weighted by Crippen LogP contribution is -1.87. The molecule has 0 unspecified atom stereocenters. The van der Waals surface area contributed by atoms with Crippen molar-refractivity contribution in [3.63, 3.8) is 0 Å². The first kappa shape index (κ1) is 9.74. The Labute approximate surface area is 91.4 Å². The fourth-order valence-electron chi connectivity index (χ4n) is 0.666. The van der Waals surface area contributed by atoms with E-state index < -0.39 is 0 Å². The van der Waals surface area contributed by atoms with E-state index >= 15 is 0 Å². The number of alkyl halides is 1. The van der Waals surface area contributed by atoms with Gasteiger partial charge in [0.2, 0.25) is 0 Å². The SMILES string of the molecule is Fc1cc(I)c(CBr)cc1Cl. The molecule has 0 aromatic heterocycles. The van der Waals surface area contributed by atoms with Crippen LogP contribution in [0.15, 0.2) is 12.1 Å². The van der Waals surface area contributed by atoms with Gasteiger partial charge in [0.1, 0.15) is 5.82 Å². The molecule has 0 bridgehead atoms. The number of hydrogen-bond acceptors (Lipinski definition) is 0. The molecule has 0 aliphatic rings. The summed E-state index contributed by atoms with van der Waals surface area (Å²) >= 11 is 10.9. The van der Waals surface area contributed by atoms with E-state index in [1.807, 2.05) is 0 Å². The summed E-state index contributed by atoms with van der Waals surface area (Å²) in [6.45, 7) is 0. The molecule has 0 aliphatic heterocycles. The average molecular weight is 349 g/mol. The average Bonchev–Trinajstić information content (AvgIpc) is 1.97. The fraction of sp³-hybridized carbons (Fsp3) is 0.143. The Kier molecular flexibility index (Phi) is 3.58. The van der Waals surface area contributed by atoms with E-state index in [-0.39, 0.29) is 10.8 Å². The van der Waals surface area contributed by atoms with Crippen molar-refractivity contribution in [1.29, 1.82) is 0 Å². The van der Waals surface area contributed by atoms with E-state index in [4.69, 9.17) is 11.6 Å². The van der Waals surface area contributed by atoms with Crippen LogP contribution >= 0.6 is 50.1 Å². The first-order chi connectivity index (χ1) is 5.15. The van der Waals surface area contributed by atoms with Crippen molar-refractivity contribution in [2.75, 3.05) is 0 Å². The second-order valence-corrected chi connectivity index (χ2v) is 4.12. The number of halogens is 4. The van der Waals surface area contributed by atoms with Crippen molar-refractivity contribution in [2.24, 2.45) is 0 Å². The normalized spacial score (nSPS) is 10.2. The van der Waals surface area contributed by atoms with Crippen molar-refractivity contribution in [3.05, 3.63) is 32.1 Å². The van der Waals surface area contributed by atoms with Gasteiger partial charge in [-0.1, -0.05) is 27.5 Å². The van der Waals surface area contributed by atoms with Gasteiger partial charge in [-0.05, 0) is 40.3 Å². The zero-order chi connectivity index (χ0) is 8.43. The highest BCUT2D eigenvalue weighted by molar-refractivity contribution is 14.1. The maximum Gasteiger partial charge on any atom is 0.142 e. The van der Waals surface area contributed by atoms with Crippen LogP contribution in [0.2, 0.25) is 5.02 Å². The molecule has 60 valence electrons. The summed E-state index contributed by atoms with van der Waals surface area (Å²) in [4.78, 5) is 0. The highest BCUT2D eigenvalue weighted by atomic mass is 127. The second kappa shape index (κ2) is 4.05. The third-order valence-electron chi connectivity index (χ3n) is 1.23. The molecule has 0 heterocycles. The largest absolute Gasteiger partial charge is 0.205 e. The molecule has 0 atom stereocenters. The van der Waals surface area contributed by atoms with Gasteiger partial charge >= 0.3 is 0 Å². The lowest BCUT2D eigenvalue weighted by Gasteiger charge is -2.01. The summed E-state index contributed by atoms with van der Waals surface area (Å²) < 4.78 is 13.6. The number of rotatable bonds is 1. The Hall–Kier alpha value is 0.650. The Bertz CT molecular complexity index is 277. The summed E-state index contributed by atoms with van der Waals surface area (Å²) in [5.41, 5.74) is 1.01. The Balaban J connectivity index is 3.21. The van der Waals surface area contributed by atoms with E-state index in [9.17, 15) is 4.39 Å². The van der Waals surface area contributed by atoms with Crippen LogP contribution in [0.3, 0.4) is 0 Å². The lowest BCUT2D eigenvalue weighted by atomic mass is 10.2. The van der Waals surface area contributed by atoms with Gasteiger partial charge in [0.05, 0.1) is 5.02 Å². The molecule has 1 aromatic carbocycles. The van der Waals surface area contributed by atoms with Crippen molar-refractivity contribution in [1.82, 2.24) is 0 Å². The van der Waals surface area contributed by atoms with E-state index in [2.05, 4.69) is 38.5 Å². The fourth-order valence-corrected chi connectivity index (χ4v) is 2.46. The predicted molar refractivity (Wildman–Crippen MR) is 56.8 cm³/mol. The smallest absolute Gasteiger partial charge is 0.142 e. The van der Waals surface area contributed by atoms with Crippen LogP contribution < -0.4 is 0 Å². The third kappa shape index (κ3) is 2.29. The molecular formula is C7H4BrClFI. The summed E-state index contributed by atoms with van der Waals surface area (Å²) in [7, 11) is 0. The quantitative estimate of drug-likeness (QED) is 0.409. The zero-order valence-electron chi connectivity index (χ0n) is 5.37. The molecule has 0 N–H and O–H groups in total. The van der Waals surface area contributed by atoms with Crippen LogP contribution in [0.5, 0.6) is 0 Å². The van der Waals surface area contributed by atoms with Gasteiger partial charge in [0, 0.05) is 8.90 Å². The minimum Gasteiger partial charge on any atom is -0.205 e. The Morgan fingerprint density at radius 3 is 2.73 bits per heavy atom. The topological polar surface area (TPSA) is 0 Å². The van der Waals surface area contributed by atoms with Crippen LogP contribution in [0.4, 0.5) is 4.39 Å². The lowest BCUT2D eigenvalue weighted by molar-refractivity contribution is 0.626. The van der Waals surface area contributed by atoms with E-state index in [1.54, 1.807) is 6.07 Å². The third-order valence-corrected chi connectivity index (χ3v) is 3.13. The molecule has 0 amide bonds. The predicted octanol–water partition coefficient (Wildman–Crippen LogP) is 3.98.